The SMILES string of the molecule is CCc1cnc(CNC(=O)N(C)C2COCC2C(=O)O)s1. The van der Waals surface area contributed by atoms with E-state index in [2.05, 4.69) is 17.2 Å². The first-order valence-electron chi connectivity index (χ1n) is 6.77. The van der Waals surface area contributed by atoms with Gasteiger partial charge in [-0.3, -0.25) is 4.79 Å². The van der Waals surface area contributed by atoms with Crippen molar-refractivity contribution in [3.8, 4) is 0 Å². The van der Waals surface area contributed by atoms with Gasteiger partial charge in [0.25, 0.3) is 0 Å². The van der Waals surface area contributed by atoms with Crippen LogP contribution in [-0.2, 0) is 22.5 Å². The maximum Gasteiger partial charge on any atom is 0.317 e. The molecule has 0 aromatic carbocycles. The first-order chi connectivity index (χ1) is 10.0. The molecule has 1 aromatic heterocycles. The second kappa shape index (κ2) is 6.86. The topological polar surface area (TPSA) is 91.8 Å². The highest BCUT2D eigenvalue weighted by atomic mass is 32.1. The molecule has 1 fully saturated rings. The fourth-order valence-electron chi connectivity index (χ4n) is 2.18. The van der Waals surface area contributed by atoms with Crippen LogP contribution in [0.1, 0.15) is 16.8 Å². The van der Waals surface area contributed by atoms with Crippen LogP contribution >= 0.6 is 11.3 Å². The third-order valence-electron chi connectivity index (χ3n) is 3.53. The summed E-state index contributed by atoms with van der Waals surface area (Å²) < 4.78 is 5.17. The quantitative estimate of drug-likeness (QED) is 0.844. The molecule has 2 atom stereocenters. The van der Waals surface area contributed by atoms with Crippen molar-refractivity contribution in [2.24, 2.45) is 5.92 Å². The fourth-order valence-corrected chi connectivity index (χ4v) is 2.98. The van der Waals surface area contributed by atoms with Gasteiger partial charge in [0.15, 0.2) is 0 Å². The van der Waals surface area contributed by atoms with E-state index in [4.69, 9.17) is 9.84 Å². The number of carboxylic acid groups (broad SMARTS) is 1. The van der Waals surface area contributed by atoms with Crippen molar-refractivity contribution in [3.05, 3.63) is 16.1 Å². The van der Waals surface area contributed by atoms with Gasteiger partial charge in [-0.05, 0) is 6.42 Å². The number of carbonyl (C=O) groups is 2. The molecule has 2 unspecified atom stereocenters. The number of carbonyl (C=O) groups excluding carboxylic acids is 1. The second-order valence-corrected chi connectivity index (χ2v) is 6.09. The van der Waals surface area contributed by atoms with Crippen molar-refractivity contribution < 1.29 is 19.4 Å². The molecule has 7 nitrogen and oxygen atoms in total. The molecule has 2 amide bonds. The third kappa shape index (κ3) is 3.70. The molecular weight excluding hydrogens is 294 g/mol. The number of rotatable bonds is 5. The van der Waals surface area contributed by atoms with Gasteiger partial charge in [-0.2, -0.15) is 0 Å². The molecule has 2 N–H and O–H groups in total. The number of aryl methyl sites for hydroxylation is 1. The van der Waals surface area contributed by atoms with Gasteiger partial charge in [-0.15, -0.1) is 11.3 Å². The van der Waals surface area contributed by atoms with Gasteiger partial charge in [0.2, 0.25) is 0 Å². The van der Waals surface area contributed by atoms with E-state index in [0.717, 1.165) is 11.4 Å². The van der Waals surface area contributed by atoms with Crippen LogP contribution in [-0.4, -0.2) is 53.3 Å². The number of hydrogen-bond donors (Lipinski definition) is 2. The summed E-state index contributed by atoms with van der Waals surface area (Å²) in [4.78, 5) is 30.0. The van der Waals surface area contributed by atoms with Crippen LogP contribution in [0.4, 0.5) is 4.79 Å². The summed E-state index contributed by atoms with van der Waals surface area (Å²) in [6.07, 6.45) is 2.73. The van der Waals surface area contributed by atoms with E-state index in [-0.39, 0.29) is 19.2 Å². The van der Waals surface area contributed by atoms with E-state index in [0.29, 0.717) is 6.54 Å². The molecule has 1 aliphatic heterocycles. The van der Waals surface area contributed by atoms with Crippen molar-refractivity contribution in [1.82, 2.24) is 15.2 Å². The summed E-state index contributed by atoms with van der Waals surface area (Å²) in [5.74, 6) is -1.61. The van der Waals surface area contributed by atoms with Gasteiger partial charge < -0.3 is 20.1 Å². The Bertz CT molecular complexity index is 519. The van der Waals surface area contributed by atoms with Crippen molar-refractivity contribution in [2.45, 2.75) is 25.9 Å². The molecule has 21 heavy (non-hydrogen) atoms. The monoisotopic (exact) mass is 313 g/mol. The molecule has 2 rings (SSSR count). The number of carboxylic acids is 1. The highest BCUT2D eigenvalue weighted by Crippen LogP contribution is 2.19. The van der Waals surface area contributed by atoms with E-state index in [1.165, 1.54) is 9.78 Å². The molecule has 0 bridgehead atoms. The van der Waals surface area contributed by atoms with Gasteiger partial charge in [-0.1, -0.05) is 6.92 Å². The number of nitrogens with one attached hydrogen (secondary N) is 1. The van der Waals surface area contributed by atoms with Gasteiger partial charge in [0.1, 0.15) is 10.9 Å². The minimum atomic E-state index is -0.940. The normalized spacial score (nSPS) is 21.2. The fraction of sp³-hybridized carbons (Fsp3) is 0.615. The minimum absolute atomic E-state index is 0.143. The van der Waals surface area contributed by atoms with Crippen molar-refractivity contribution in [2.75, 3.05) is 20.3 Å². The van der Waals surface area contributed by atoms with Crippen molar-refractivity contribution >= 4 is 23.3 Å². The highest BCUT2D eigenvalue weighted by Gasteiger charge is 2.38. The Labute approximate surface area is 126 Å². The van der Waals surface area contributed by atoms with Gasteiger partial charge >= 0.3 is 12.0 Å². The van der Waals surface area contributed by atoms with Crippen LogP contribution in [0.5, 0.6) is 0 Å². The number of aromatic nitrogens is 1. The summed E-state index contributed by atoms with van der Waals surface area (Å²) in [5, 5.41) is 12.7. The Hall–Kier alpha value is -1.67. The molecule has 0 spiro atoms. The molecule has 1 aromatic rings. The highest BCUT2D eigenvalue weighted by molar-refractivity contribution is 7.11. The predicted octanol–water partition coefficient (Wildman–Crippen LogP) is 0.946. The van der Waals surface area contributed by atoms with Crippen LogP contribution in [0.25, 0.3) is 0 Å². The Kier molecular flexibility index (Phi) is 5.13. The first-order valence-corrected chi connectivity index (χ1v) is 7.59. The van der Waals surface area contributed by atoms with Crippen molar-refractivity contribution in [1.29, 1.82) is 0 Å². The maximum absolute atomic E-state index is 12.1. The summed E-state index contributed by atoms with van der Waals surface area (Å²) in [5.41, 5.74) is 0. The number of thiazole rings is 1. The number of likely N-dealkylation sites (N-methyl/N-ethyl adjacent to an activating group) is 1. The number of urea groups is 1. The molecule has 2 heterocycles. The zero-order chi connectivity index (χ0) is 15.4. The lowest BCUT2D eigenvalue weighted by atomic mass is 10.0. The Balaban J connectivity index is 1.88. The smallest absolute Gasteiger partial charge is 0.317 e. The van der Waals surface area contributed by atoms with Crippen LogP contribution in [0.2, 0.25) is 0 Å². The van der Waals surface area contributed by atoms with Crippen LogP contribution in [0.3, 0.4) is 0 Å². The number of nitrogens with zero attached hydrogens (tertiary/aromatic N) is 2. The number of hydrogen-bond acceptors (Lipinski definition) is 5. The van der Waals surface area contributed by atoms with Crippen LogP contribution in [0, 0.1) is 5.92 Å². The standard InChI is InChI=1S/C13H19N3O4S/c1-3-8-4-14-11(21-8)5-15-13(19)16(2)10-7-20-6-9(10)12(17)18/h4,9-10H,3,5-7H2,1-2H3,(H,15,19)(H,17,18). The number of aliphatic carboxylic acids is 1. The van der Waals surface area contributed by atoms with Crippen LogP contribution in [0.15, 0.2) is 6.20 Å². The molecule has 1 saturated heterocycles. The lowest BCUT2D eigenvalue weighted by molar-refractivity contribution is -0.142. The lowest BCUT2D eigenvalue weighted by Gasteiger charge is -2.26. The largest absolute Gasteiger partial charge is 0.481 e. The molecule has 116 valence electrons. The molecule has 8 heteroatoms. The summed E-state index contributed by atoms with van der Waals surface area (Å²) in [6.45, 7) is 2.79. The zero-order valence-corrected chi connectivity index (χ0v) is 12.9. The molecule has 1 aliphatic rings. The number of amides is 2. The molecular formula is C13H19N3O4S. The van der Waals surface area contributed by atoms with E-state index in [1.54, 1.807) is 24.6 Å². The Morgan fingerprint density at radius 1 is 1.57 bits per heavy atom. The average molecular weight is 313 g/mol. The molecule has 0 saturated carbocycles. The Morgan fingerprint density at radius 2 is 2.33 bits per heavy atom. The van der Waals surface area contributed by atoms with E-state index in [1.807, 2.05) is 0 Å². The van der Waals surface area contributed by atoms with Gasteiger partial charge in [0.05, 0.1) is 25.8 Å². The summed E-state index contributed by atoms with van der Waals surface area (Å²) in [7, 11) is 1.59. The van der Waals surface area contributed by atoms with E-state index in [9.17, 15) is 9.59 Å². The minimum Gasteiger partial charge on any atom is -0.481 e. The zero-order valence-electron chi connectivity index (χ0n) is 12.0. The lowest BCUT2D eigenvalue weighted by Crippen LogP contribution is -2.48. The molecule has 0 radical (unpaired) electrons. The molecule has 0 aliphatic carbocycles. The van der Waals surface area contributed by atoms with Crippen LogP contribution < -0.4 is 5.32 Å². The van der Waals surface area contributed by atoms with Crippen molar-refractivity contribution in [3.63, 3.8) is 0 Å². The summed E-state index contributed by atoms with van der Waals surface area (Å²) in [6, 6.07) is -0.755. The third-order valence-corrected chi connectivity index (χ3v) is 4.67. The first kappa shape index (κ1) is 15.7. The summed E-state index contributed by atoms with van der Waals surface area (Å²) >= 11 is 1.56. The van der Waals surface area contributed by atoms with E-state index < -0.39 is 17.9 Å². The average Bonchev–Trinajstić information content (AvgIpc) is 3.12. The van der Waals surface area contributed by atoms with Gasteiger partial charge in [0, 0.05) is 18.1 Å². The Morgan fingerprint density at radius 3 is 2.95 bits per heavy atom. The second-order valence-electron chi connectivity index (χ2n) is 4.89. The maximum atomic E-state index is 12.1. The van der Waals surface area contributed by atoms with Gasteiger partial charge in [-0.25, -0.2) is 9.78 Å². The predicted molar refractivity (Wildman–Crippen MR) is 77.2 cm³/mol. The number of ether oxygens (including phenoxy) is 1. The van der Waals surface area contributed by atoms with E-state index >= 15 is 0 Å².